The molecule has 0 aliphatic heterocycles. The second-order valence-corrected chi connectivity index (χ2v) is 3.73. The third-order valence-corrected chi connectivity index (χ3v) is 1.77. The average molecular weight is 167 g/mol. The molecule has 0 aliphatic carbocycles. The van der Waals surface area contributed by atoms with Gasteiger partial charge in [0.2, 0.25) is 5.91 Å². The number of primary amides is 1. The minimum absolute atomic E-state index is 0.0328. The summed E-state index contributed by atoms with van der Waals surface area (Å²) in [4.78, 5) is 26.6. The van der Waals surface area contributed by atoms with Gasteiger partial charge in [0, 0.05) is 6.42 Å². The highest BCUT2D eigenvalue weighted by Crippen LogP contribution is 2.35. The van der Waals surface area contributed by atoms with Crippen LogP contribution in [0.25, 0.3) is 0 Å². The molecule has 0 fully saturated rings. The van der Waals surface area contributed by atoms with Crippen LogP contribution >= 0.6 is 7.60 Å². The van der Waals surface area contributed by atoms with Gasteiger partial charge in [-0.15, -0.1) is 0 Å². The first-order chi connectivity index (χ1) is 4.42. The standard InChI is InChI=1S/C4H10NO4P/c5-4(6)2-1-3-10(7,8)9/h1-3H2,(H2,5,6)(H2,7,8,9). The Morgan fingerprint density at radius 1 is 1.50 bits per heavy atom. The van der Waals surface area contributed by atoms with E-state index >= 15 is 0 Å². The molecule has 60 valence electrons. The molecule has 0 spiro atoms. The van der Waals surface area contributed by atoms with Crippen LogP contribution in [0.5, 0.6) is 0 Å². The Kier molecular flexibility index (Phi) is 3.57. The Hall–Kier alpha value is -0.380. The van der Waals surface area contributed by atoms with Crippen LogP contribution in [0, 0.1) is 0 Å². The minimum Gasteiger partial charge on any atom is -0.370 e. The molecule has 0 saturated heterocycles. The molecule has 0 radical (unpaired) electrons. The van der Waals surface area contributed by atoms with E-state index in [4.69, 9.17) is 15.5 Å². The van der Waals surface area contributed by atoms with Crippen LogP contribution in [0.1, 0.15) is 12.8 Å². The summed E-state index contributed by atoms with van der Waals surface area (Å²) in [7, 11) is -3.93. The van der Waals surface area contributed by atoms with Crippen LogP contribution < -0.4 is 5.73 Å². The predicted molar refractivity (Wildman–Crippen MR) is 35.3 cm³/mol. The second-order valence-electron chi connectivity index (χ2n) is 1.96. The third kappa shape index (κ3) is 7.62. The molecular weight excluding hydrogens is 157 g/mol. The molecule has 0 aliphatic rings. The lowest BCUT2D eigenvalue weighted by Crippen LogP contribution is -2.10. The molecule has 4 N–H and O–H groups in total. The lowest BCUT2D eigenvalue weighted by Gasteiger charge is -2.00. The molecule has 0 aromatic rings. The van der Waals surface area contributed by atoms with Crippen molar-refractivity contribution < 1.29 is 19.1 Å². The Labute approximate surface area is 58.4 Å². The zero-order chi connectivity index (χ0) is 8.20. The fourth-order valence-electron chi connectivity index (χ4n) is 0.459. The summed E-state index contributed by atoms with van der Waals surface area (Å²) in [6, 6.07) is 0. The summed E-state index contributed by atoms with van der Waals surface area (Å²) in [6.07, 6.45) is -0.0827. The van der Waals surface area contributed by atoms with Gasteiger partial charge in [0.1, 0.15) is 0 Å². The molecule has 1 amide bonds. The summed E-state index contributed by atoms with van der Waals surface area (Å²) in [5, 5.41) is 0. The van der Waals surface area contributed by atoms with Crippen molar-refractivity contribution in [2.75, 3.05) is 6.16 Å². The number of hydrogen-bond acceptors (Lipinski definition) is 2. The molecule has 5 nitrogen and oxygen atoms in total. The predicted octanol–water partition coefficient (Wildman–Crippen LogP) is -0.570. The monoisotopic (exact) mass is 167 g/mol. The molecule has 0 aromatic heterocycles. The molecule has 6 heteroatoms. The van der Waals surface area contributed by atoms with Crippen LogP contribution in [-0.2, 0) is 9.36 Å². The maximum Gasteiger partial charge on any atom is 0.325 e. The van der Waals surface area contributed by atoms with Gasteiger partial charge in [-0.05, 0) is 6.42 Å². The summed E-state index contributed by atoms with van der Waals surface area (Å²) in [5.41, 5.74) is 4.73. The van der Waals surface area contributed by atoms with Crippen LogP contribution in [0.3, 0.4) is 0 Å². The van der Waals surface area contributed by atoms with Crippen molar-refractivity contribution in [1.82, 2.24) is 0 Å². The zero-order valence-electron chi connectivity index (χ0n) is 5.36. The largest absolute Gasteiger partial charge is 0.370 e. The fraction of sp³-hybridized carbons (Fsp3) is 0.750. The normalized spacial score (nSPS) is 11.4. The maximum atomic E-state index is 10.2. The van der Waals surface area contributed by atoms with Gasteiger partial charge < -0.3 is 15.5 Å². The summed E-state index contributed by atoms with van der Waals surface area (Å²) >= 11 is 0. The van der Waals surface area contributed by atoms with E-state index in [1.807, 2.05) is 0 Å². The Morgan fingerprint density at radius 2 is 2.00 bits per heavy atom. The lowest BCUT2D eigenvalue weighted by atomic mass is 10.3. The molecule has 0 saturated carbocycles. The van der Waals surface area contributed by atoms with E-state index in [0.717, 1.165) is 0 Å². The number of hydrogen-bond donors (Lipinski definition) is 3. The highest BCUT2D eigenvalue weighted by molar-refractivity contribution is 7.51. The number of nitrogens with two attached hydrogens (primary N) is 1. The Morgan fingerprint density at radius 3 is 2.30 bits per heavy atom. The smallest absolute Gasteiger partial charge is 0.325 e. The van der Waals surface area contributed by atoms with Crippen molar-refractivity contribution in [3.05, 3.63) is 0 Å². The minimum atomic E-state index is -3.93. The van der Waals surface area contributed by atoms with Crippen molar-refractivity contribution in [3.63, 3.8) is 0 Å². The Balaban J connectivity index is 3.39. The summed E-state index contributed by atoms with van der Waals surface area (Å²) < 4.78 is 10.2. The maximum absolute atomic E-state index is 10.2. The van der Waals surface area contributed by atoms with Crippen LogP contribution in [0.15, 0.2) is 0 Å². The molecule has 10 heavy (non-hydrogen) atoms. The molecule has 0 aromatic carbocycles. The SMILES string of the molecule is NC(=O)CCCP(=O)(O)O. The van der Waals surface area contributed by atoms with E-state index in [9.17, 15) is 9.36 Å². The van der Waals surface area contributed by atoms with E-state index in [0.29, 0.717) is 0 Å². The van der Waals surface area contributed by atoms with E-state index in [1.165, 1.54) is 0 Å². The van der Waals surface area contributed by atoms with Gasteiger partial charge in [0.15, 0.2) is 0 Å². The van der Waals surface area contributed by atoms with Crippen molar-refractivity contribution in [2.24, 2.45) is 5.73 Å². The second kappa shape index (κ2) is 3.71. The topological polar surface area (TPSA) is 101 Å². The average Bonchev–Trinajstić information content (AvgIpc) is 1.59. The first-order valence-corrected chi connectivity index (χ1v) is 4.54. The summed E-state index contributed by atoms with van der Waals surface area (Å²) in [5.74, 6) is -0.534. The number of carbonyl (C=O) groups excluding carboxylic acids is 1. The van der Waals surface area contributed by atoms with Crippen LogP contribution in [0.4, 0.5) is 0 Å². The molecule has 0 rings (SSSR count). The quantitative estimate of drug-likeness (QED) is 0.488. The molecular formula is C4H10NO4P. The van der Waals surface area contributed by atoms with Crippen molar-refractivity contribution in [3.8, 4) is 0 Å². The lowest BCUT2D eigenvalue weighted by molar-refractivity contribution is -0.118. The van der Waals surface area contributed by atoms with Crippen molar-refractivity contribution in [2.45, 2.75) is 12.8 Å². The van der Waals surface area contributed by atoms with Gasteiger partial charge in [-0.1, -0.05) is 0 Å². The van der Waals surface area contributed by atoms with E-state index < -0.39 is 13.5 Å². The van der Waals surface area contributed by atoms with E-state index in [1.54, 1.807) is 0 Å². The van der Waals surface area contributed by atoms with Gasteiger partial charge in [-0.25, -0.2) is 0 Å². The zero-order valence-corrected chi connectivity index (χ0v) is 6.25. The molecule has 0 unspecified atom stereocenters. The van der Waals surface area contributed by atoms with E-state index in [-0.39, 0.29) is 19.0 Å². The molecule has 0 heterocycles. The third-order valence-electron chi connectivity index (χ3n) is 0.873. The number of amides is 1. The molecule has 0 atom stereocenters. The Bertz CT molecular complexity index is 163. The van der Waals surface area contributed by atoms with Crippen molar-refractivity contribution >= 4 is 13.5 Å². The van der Waals surface area contributed by atoms with Crippen LogP contribution in [-0.4, -0.2) is 21.9 Å². The number of rotatable bonds is 4. The fourth-order valence-corrected chi connectivity index (χ4v) is 1.03. The van der Waals surface area contributed by atoms with Gasteiger partial charge in [-0.3, -0.25) is 9.36 Å². The molecule has 0 bridgehead atoms. The number of carbonyl (C=O) groups is 1. The van der Waals surface area contributed by atoms with Gasteiger partial charge in [0.05, 0.1) is 6.16 Å². The van der Waals surface area contributed by atoms with Gasteiger partial charge >= 0.3 is 7.60 Å². The first kappa shape index (κ1) is 9.62. The van der Waals surface area contributed by atoms with Gasteiger partial charge in [0.25, 0.3) is 0 Å². The summed E-state index contributed by atoms with van der Waals surface area (Å²) in [6.45, 7) is 0. The highest BCUT2D eigenvalue weighted by Gasteiger charge is 2.11. The van der Waals surface area contributed by atoms with Gasteiger partial charge in [-0.2, -0.15) is 0 Å². The first-order valence-electron chi connectivity index (χ1n) is 2.75. The highest BCUT2D eigenvalue weighted by atomic mass is 31.2. The van der Waals surface area contributed by atoms with Crippen LogP contribution in [0.2, 0.25) is 0 Å². The van der Waals surface area contributed by atoms with E-state index in [2.05, 4.69) is 0 Å². The van der Waals surface area contributed by atoms with Crippen molar-refractivity contribution in [1.29, 1.82) is 0 Å².